The number of nitrogens with zero attached hydrogens (tertiary/aromatic N) is 2. The smallest absolute Gasteiger partial charge is 0.241 e. The monoisotopic (exact) mass is 399 g/mol. The third kappa shape index (κ3) is 3.48. The van der Waals surface area contributed by atoms with Gasteiger partial charge in [-0.25, -0.2) is 17.8 Å². The molecule has 0 spiro atoms. The zero-order chi connectivity index (χ0) is 19.7. The molecular formula is C20H21N3O4S. The fraction of sp³-hybridized carbons (Fsp3) is 0.250. The van der Waals surface area contributed by atoms with E-state index in [2.05, 4.69) is 9.82 Å². The number of benzene rings is 2. The van der Waals surface area contributed by atoms with Crippen molar-refractivity contribution in [3.8, 4) is 17.2 Å². The van der Waals surface area contributed by atoms with E-state index in [1.54, 1.807) is 6.07 Å². The summed E-state index contributed by atoms with van der Waals surface area (Å²) in [4.78, 5) is 0.141. The number of rotatable bonds is 5. The number of para-hydroxylation sites is 1. The Morgan fingerprint density at radius 3 is 2.50 bits per heavy atom. The Morgan fingerprint density at radius 2 is 1.75 bits per heavy atom. The van der Waals surface area contributed by atoms with Crippen LogP contribution in [0, 0.1) is 13.8 Å². The number of hydrogen-bond donors (Lipinski definition) is 1. The molecule has 0 unspecified atom stereocenters. The number of fused-ring (bicyclic) bond motifs is 1. The number of nitrogens with one attached hydrogen (secondary N) is 1. The molecule has 0 radical (unpaired) electrons. The molecule has 8 heteroatoms. The van der Waals surface area contributed by atoms with Crippen molar-refractivity contribution in [3.63, 3.8) is 0 Å². The van der Waals surface area contributed by atoms with Crippen molar-refractivity contribution in [2.24, 2.45) is 0 Å². The van der Waals surface area contributed by atoms with E-state index < -0.39 is 10.0 Å². The lowest BCUT2D eigenvalue weighted by Crippen LogP contribution is -2.24. The van der Waals surface area contributed by atoms with Gasteiger partial charge < -0.3 is 9.47 Å². The number of aromatic nitrogens is 2. The third-order valence-electron chi connectivity index (χ3n) is 4.70. The largest absolute Gasteiger partial charge is 0.486 e. The Kier molecular flexibility index (Phi) is 4.82. The Bertz CT molecular complexity index is 1110. The van der Waals surface area contributed by atoms with Crippen molar-refractivity contribution in [2.45, 2.75) is 25.3 Å². The third-order valence-corrected chi connectivity index (χ3v) is 6.10. The number of hydrogen-bond acceptors (Lipinski definition) is 5. The zero-order valence-corrected chi connectivity index (χ0v) is 16.5. The molecule has 3 aromatic rings. The molecule has 1 N–H and O–H groups in total. The van der Waals surface area contributed by atoms with Crippen LogP contribution in [0.4, 0.5) is 0 Å². The molecule has 2 heterocycles. The van der Waals surface area contributed by atoms with E-state index >= 15 is 0 Å². The minimum Gasteiger partial charge on any atom is -0.486 e. The van der Waals surface area contributed by atoms with Gasteiger partial charge >= 0.3 is 0 Å². The van der Waals surface area contributed by atoms with E-state index in [1.807, 2.05) is 48.9 Å². The highest BCUT2D eigenvalue weighted by molar-refractivity contribution is 7.89. The van der Waals surface area contributed by atoms with Gasteiger partial charge in [-0.05, 0) is 38.1 Å². The van der Waals surface area contributed by atoms with E-state index in [1.165, 1.54) is 12.1 Å². The number of sulfonamides is 1. The average molecular weight is 399 g/mol. The fourth-order valence-electron chi connectivity index (χ4n) is 3.19. The van der Waals surface area contributed by atoms with Crippen LogP contribution in [-0.4, -0.2) is 31.4 Å². The molecular weight excluding hydrogens is 378 g/mol. The van der Waals surface area contributed by atoms with Crippen molar-refractivity contribution in [1.29, 1.82) is 0 Å². The average Bonchev–Trinajstić information content (AvgIpc) is 3.00. The van der Waals surface area contributed by atoms with Gasteiger partial charge in [0.05, 0.1) is 16.3 Å². The van der Waals surface area contributed by atoms with Gasteiger partial charge in [0.1, 0.15) is 13.2 Å². The van der Waals surface area contributed by atoms with Gasteiger partial charge in [0.25, 0.3) is 0 Å². The molecule has 1 aliphatic heterocycles. The lowest BCUT2D eigenvalue weighted by atomic mass is 10.2. The summed E-state index contributed by atoms with van der Waals surface area (Å²) in [5.41, 5.74) is 3.47. The van der Waals surface area contributed by atoms with E-state index in [0.29, 0.717) is 24.7 Å². The molecule has 0 bridgehead atoms. The minimum atomic E-state index is -3.70. The molecule has 28 heavy (non-hydrogen) atoms. The van der Waals surface area contributed by atoms with E-state index in [4.69, 9.17) is 9.47 Å². The van der Waals surface area contributed by atoms with Crippen molar-refractivity contribution in [1.82, 2.24) is 14.5 Å². The zero-order valence-electron chi connectivity index (χ0n) is 15.7. The first-order chi connectivity index (χ1) is 13.5. The van der Waals surface area contributed by atoms with Crippen LogP contribution in [0.15, 0.2) is 53.4 Å². The second-order valence-electron chi connectivity index (χ2n) is 6.53. The molecule has 1 aliphatic rings. The highest BCUT2D eigenvalue weighted by Crippen LogP contribution is 2.32. The first-order valence-corrected chi connectivity index (χ1v) is 10.4. The predicted octanol–water partition coefficient (Wildman–Crippen LogP) is 2.74. The summed E-state index contributed by atoms with van der Waals surface area (Å²) < 4.78 is 40.9. The number of aryl methyl sites for hydroxylation is 1. The molecule has 1 aromatic heterocycles. The van der Waals surface area contributed by atoms with Crippen molar-refractivity contribution in [3.05, 3.63) is 65.5 Å². The summed E-state index contributed by atoms with van der Waals surface area (Å²) in [6.45, 7) is 4.82. The second-order valence-corrected chi connectivity index (χ2v) is 8.29. The fourth-order valence-corrected chi connectivity index (χ4v) is 4.20. The summed E-state index contributed by atoms with van der Waals surface area (Å²) in [6.07, 6.45) is 0. The standard InChI is InChI=1S/C20H21N3O4S/c1-14-18(15(2)23(22-14)16-6-4-3-5-7-16)13-21-28(24,25)17-8-9-19-20(12-17)27-11-10-26-19/h3-9,12,21H,10-11,13H2,1-2H3. The molecule has 7 nitrogen and oxygen atoms in total. The van der Waals surface area contributed by atoms with Crippen LogP contribution in [0.25, 0.3) is 5.69 Å². The summed E-state index contributed by atoms with van der Waals surface area (Å²) in [6, 6.07) is 14.4. The minimum absolute atomic E-state index is 0.141. The van der Waals surface area contributed by atoms with Crippen LogP contribution < -0.4 is 14.2 Å². The Morgan fingerprint density at radius 1 is 1.04 bits per heavy atom. The lowest BCUT2D eigenvalue weighted by Gasteiger charge is -2.19. The van der Waals surface area contributed by atoms with Crippen LogP contribution >= 0.6 is 0 Å². The van der Waals surface area contributed by atoms with Gasteiger partial charge in [-0.15, -0.1) is 0 Å². The van der Waals surface area contributed by atoms with Gasteiger partial charge in [0.15, 0.2) is 11.5 Å². The van der Waals surface area contributed by atoms with Crippen molar-refractivity contribution < 1.29 is 17.9 Å². The predicted molar refractivity (Wildman–Crippen MR) is 104 cm³/mol. The highest BCUT2D eigenvalue weighted by Gasteiger charge is 2.21. The van der Waals surface area contributed by atoms with E-state index in [0.717, 1.165) is 22.6 Å². The van der Waals surface area contributed by atoms with Gasteiger partial charge in [-0.3, -0.25) is 0 Å². The highest BCUT2D eigenvalue weighted by atomic mass is 32.2. The molecule has 0 fully saturated rings. The topological polar surface area (TPSA) is 82.5 Å². The maximum absolute atomic E-state index is 12.8. The summed E-state index contributed by atoms with van der Waals surface area (Å²) in [7, 11) is -3.70. The van der Waals surface area contributed by atoms with Crippen molar-refractivity contribution in [2.75, 3.05) is 13.2 Å². The summed E-state index contributed by atoms with van der Waals surface area (Å²) >= 11 is 0. The van der Waals surface area contributed by atoms with E-state index in [-0.39, 0.29) is 11.4 Å². The quantitative estimate of drug-likeness (QED) is 0.713. The summed E-state index contributed by atoms with van der Waals surface area (Å²) in [5, 5.41) is 4.56. The maximum Gasteiger partial charge on any atom is 0.241 e. The van der Waals surface area contributed by atoms with Gasteiger partial charge in [0.2, 0.25) is 10.0 Å². The van der Waals surface area contributed by atoms with Crippen LogP contribution in [0.5, 0.6) is 11.5 Å². The molecule has 0 aliphatic carbocycles. The van der Waals surface area contributed by atoms with Gasteiger partial charge in [-0.2, -0.15) is 5.10 Å². The molecule has 0 amide bonds. The lowest BCUT2D eigenvalue weighted by molar-refractivity contribution is 0.171. The van der Waals surface area contributed by atoms with Crippen molar-refractivity contribution >= 4 is 10.0 Å². The number of ether oxygens (including phenoxy) is 2. The van der Waals surface area contributed by atoms with E-state index in [9.17, 15) is 8.42 Å². The Labute approximate surface area is 164 Å². The molecule has 0 saturated carbocycles. The first-order valence-electron chi connectivity index (χ1n) is 8.95. The van der Waals surface area contributed by atoms with Gasteiger partial charge in [-0.1, -0.05) is 18.2 Å². The first kappa shape index (κ1) is 18.5. The molecule has 146 valence electrons. The Balaban J connectivity index is 1.57. The summed E-state index contributed by atoms with van der Waals surface area (Å²) in [5.74, 6) is 0.999. The normalized spacial score (nSPS) is 13.5. The molecule has 4 rings (SSSR count). The van der Waals surface area contributed by atoms with Crippen LogP contribution in [0.3, 0.4) is 0 Å². The van der Waals surface area contributed by atoms with Crippen LogP contribution in [0.1, 0.15) is 17.0 Å². The second kappa shape index (κ2) is 7.29. The Hall–Kier alpha value is -2.84. The van der Waals surface area contributed by atoms with Crippen LogP contribution in [-0.2, 0) is 16.6 Å². The van der Waals surface area contributed by atoms with Crippen LogP contribution in [0.2, 0.25) is 0 Å². The maximum atomic E-state index is 12.8. The van der Waals surface area contributed by atoms with Gasteiger partial charge in [0, 0.05) is 23.9 Å². The molecule has 2 aromatic carbocycles. The molecule has 0 atom stereocenters. The molecule has 0 saturated heterocycles. The SMILES string of the molecule is Cc1nn(-c2ccccc2)c(C)c1CNS(=O)(=O)c1ccc2c(c1)OCCO2.